The van der Waals surface area contributed by atoms with Crippen molar-refractivity contribution in [1.29, 1.82) is 0 Å². The highest BCUT2D eigenvalue weighted by Crippen LogP contribution is 2.37. The summed E-state index contributed by atoms with van der Waals surface area (Å²) in [4.78, 5) is 0.253. The number of hydrogen-bond donors (Lipinski definition) is 1. The molecule has 1 fully saturated rings. The van der Waals surface area contributed by atoms with Gasteiger partial charge in [-0.2, -0.15) is 4.31 Å². The van der Waals surface area contributed by atoms with Crippen LogP contribution in [-0.2, 0) is 16.4 Å². The Balaban J connectivity index is 0.00000147. The first-order valence-corrected chi connectivity index (χ1v) is 8.43. The zero-order chi connectivity index (χ0) is 13.6. The van der Waals surface area contributed by atoms with Crippen LogP contribution in [-0.4, -0.2) is 38.5 Å². The van der Waals surface area contributed by atoms with E-state index in [0.29, 0.717) is 31.9 Å². The standard InChI is InChI=1S/C12H15BrN2O3S.ClH/c13-9-5-8-2-4-18-12(8)11(6-9)19(16,17)15-3-1-10(14)7-15;/h5-6,10H,1-4,7,14H2;1H/t10-;/m1./s1. The molecule has 3 rings (SSSR count). The monoisotopic (exact) mass is 382 g/mol. The molecule has 1 atom stereocenters. The van der Waals surface area contributed by atoms with Gasteiger partial charge in [0, 0.05) is 35.6 Å². The van der Waals surface area contributed by atoms with Crippen molar-refractivity contribution in [2.45, 2.75) is 23.8 Å². The average molecular weight is 384 g/mol. The van der Waals surface area contributed by atoms with Gasteiger partial charge >= 0.3 is 0 Å². The van der Waals surface area contributed by atoms with Crippen LogP contribution in [0.25, 0.3) is 0 Å². The third kappa shape index (κ3) is 2.69. The van der Waals surface area contributed by atoms with Gasteiger partial charge in [0.15, 0.2) is 0 Å². The normalized spacial score (nSPS) is 22.2. The molecule has 2 N–H and O–H groups in total. The maximum atomic E-state index is 12.7. The van der Waals surface area contributed by atoms with Crippen molar-refractivity contribution < 1.29 is 13.2 Å². The van der Waals surface area contributed by atoms with Gasteiger partial charge in [0.1, 0.15) is 10.6 Å². The maximum absolute atomic E-state index is 12.7. The van der Waals surface area contributed by atoms with Crippen LogP contribution < -0.4 is 10.5 Å². The molecule has 2 aliphatic rings. The molecule has 2 heterocycles. The van der Waals surface area contributed by atoms with E-state index >= 15 is 0 Å². The summed E-state index contributed by atoms with van der Waals surface area (Å²) in [7, 11) is -3.52. The van der Waals surface area contributed by atoms with Gasteiger partial charge in [-0.15, -0.1) is 12.4 Å². The number of nitrogens with zero attached hydrogens (tertiary/aromatic N) is 1. The number of nitrogens with two attached hydrogens (primary N) is 1. The van der Waals surface area contributed by atoms with Gasteiger partial charge in [0.2, 0.25) is 10.0 Å². The fraction of sp³-hybridized carbons (Fsp3) is 0.500. The Hall–Kier alpha value is -0.340. The lowest BCUT2D eigenvalue weighted by atomic mass is 10.2. The first kappa shape index (κ1) is 16.0. The second-order valence-corrected chi connectivity index (χ2v) is 7.72. The highest BCUT2D eigenvalue weighted by molar-refractivity contribution is 9.10. The summed E-state index contributed by atoms with van der Waals surface area (Å²) in [5.74, 6) is 0.503. The Morgan fingerprint density at radius 1 is 1.40 bits per heavy atom. The van der Waals surface area contributed by atoms with Crippen molar-refractivity contribution in [3.8, 4) is 5.75 Å². The molecule has 20 heavy (non-hydrogen) atoms. The summed E-state index contributed by atoms with van der Waals surface area (Å²) in [5, 5.41) is 0. The van der Waals surface area contributed by atoms with E-state index < -0.39 is 10.0 Å². The van der Waals surface area contributed by atoms with Crippen molar-refractivity contribution in [3.05, 3.63) is 22.2 Å². The quantitative estimate of drug-likeness (QED) is 0.840. The Morgan fingerprint density at radius 2 is 2.15 bits per heavy atom. The number of halogens is 2. The van der Waals surface area contributed by atoms with Crippen LogP contribution in [0.15, 0.2) is 21.5 Å². The molecule has 0 saturated carbocycles. The van der Waals surface area contributed by atoms with E-state index in [0.717, 1.165) is 16.5 Å². The molecule has 0 amide bonds. The molecule has 0 bridgehead atoms. The number of benzene rings is 1. The van der Waals surface area contributed by atoms with Crippen LogP contribution in [0.2, 0.25) is 0 Å². The SMILES string of the molecule is Cl.N[C@@H]1CCN(S(=O)(=O)c2cc(Br)cc3c2OCC3)C1. The van der Waals surface area contributed by atoms with Gasteiger partial charge < -0.3 is 10.5 Å². The third-order valence-corrected chi connectivity index (χ3v) is 5.85. The van der Waals surface area contributed by atoms with E-state index in [9.17, 15) is 8.42 Å². The van der Waals surface area contributed by atoms with Crippen molar-refractivity contribution >= 4 is 38.4 Å². The zero-order valence-corrected chi connectivity index (χ0v) is 13.9. The highest BCUT2D eigenvalue weighted by Gasteiger charge is 2.35. The summed E-state index contributed by atoms with van der Waals surface area (Å²) in [6, 6.07) is 3.45. The predicted molar refractivity (Wildman–Crippen MR) is 81.9 cm³/mol. The molecule has 0 spiro atoms. The van der Waals surface area contributed by atoms with Crippen molar-refractivity contribution in [3.63, 3.8) is 0 Å². The Labute approximate surface area is 133 Å². The van der Waals surface area contributed by atoms with Crippen molar-refractivity contribution in [2.24, 2.45) is 5.73 Å². The predicted octanol–water partition coefficient (Wildman–Crippen LogP) is 1.53. The summed E-state index contributed by atoms with van der Waals surface area (Å²) in [6.07, 6.45) is 1.45. The van der Waals surface area contributed by atoms with Gasteiger partial charge in [0.25, 0.3) is 0 Å². The van der Waals surface area contributed by atoms with Gasteiger partial charge in [-0.1, -0.05) is 15.9 Å². The van der Waals surface area contributed by atoms with Gasteiger partial charge in [-0.3, -0.25) is 0 Å². The summed E-state index contributed by atoms with van der Waals surface area (Å²) in [5.41, 5.74) is 6.74. The fourth-order valence-electron chi connectivity index (χ4n) is 2.54. The molecule has 0 aliphatic carbocycles. The second kappa shape index (κ2) is 5.81. The summed E-state index contributed by atoms with van der Waals surface area (Å²) in [6.45, 7) is 1.39. The zero-order valence-electron chi connectivity index (χ0n) is 10.7. The molecule has 1 aromatic rings. The Kier molecular flexibility index (Phi) is 4.66. The second-order valence-electron chi connectivity index (χ2n) is 4.90. The van der Waals surface area contributed by atoms with E-state index in [1.165, 1.54) is 4.31 Å². The maximum Gasteiger partial charge on any atom is 0.246 e. The van der Waals surface area contributed by atoms with Gasteiger partial charge in [-0.05, 0) is 18.6 Å². The van der Waals surface area contributed by atoms with E-state index in [1.807, 2.05) is 6.07 Å². The number of fused-ring (bicyclic) bond motifs is 1. The van der Waals surface area contributed by atoms with E-state index in [-0.39, 0.29) is 23.3 Å². The minimum atomic E-state index is -3.52. The minimum Gasteiger partial charge on any atom is -0.492 e. The number of rotatable bonds is 2. The van der Waals surface area contributed by atoms with Crippen molar-refractivity contribution in [1.82, 2.24) is 4.31 Å². The molecule has 112 valence electrons. The van der Waals surface area contributed by atoms with Gasteiger partial charge in [0.05, 0.1) is 6.61 Å². The van der Waals surface area contributed by atoms with E-state index in [2.05, 4.69) is 15.9 Å². The lowest BCUT2D eigenvalue weighted by molar-refractivity contribution is 0.347. The summed E-state index contributed by atoms with van der Waals surface area (Å²) >= 11 is 3.37. The van der Waals surface area contributed by atoms with Crippen LogP contribution in [0.4, 0.5) is 0 Å². The van der Waals surface area contributed by atoms with Crippen molar-refractivity contribution in [2.75, 3.05) is 19.7 Å². The molecule has 1 aromatic carbocycles. The summed E-state index contributed by atoms with van der Waals surface area (Å²) < 4.78 is 33.0. The molecule has 0 radical (unpaired) electrons. The van der Waals surface area contributed by atoms with Crippen LogP contribution in [0.3, 0.4) is 0 Å². The molecule has 0 aromatic heterocycles. The average Bonchev–Trinajstić information content (AvgIpc) is 2.96. The molecule has 5 nitrogen and oxygen atoms in total. The lowest BCUT2D eigenvalue weighted by Crippen LogP contribution is -2.32. The topological polar surface area (TPSA) is 72.6 Å². The first-order chi connectivity index (χ1) is 8.98. The third-order valence-electron chi connectivity index (χ3n) is 3.52. The number of ether oxygens (including phenoxy) is 1. The molecular weight excluding hydrogens is 368 g/mol. The van der Waals surface area contributed by atoms with Crippen LogP contribution in [0, 0.1) is 0 Å². The Morgan fingerprint density at radius 3 is 2.80 bits per heavy atom. The largest absolute Gasteiger partial charge is 0.492 e. The number of hydrogen-bond acceptors (Lipinski definition) is 4. The first-order valence-electron chi connectivity index (χ1n) is 6.19. The molecular formula is C12H16BrClN2O3S. The highest BCUT2D eigenvalue weighted by atomic mass is 79.9. The van der Waals surface area contributed by atoms with E-state index in [1.54, 1.807) is 6.07 Å². The van der Waals surface area contributed by atoms with Crippen LogP contribution in [0.1, 0.15) is 12.0 Å². The van der Waals surface area contributed by atoms with Crippen LogP contribution >= 0.6 is 28.3 Å². The minimum absolute atomic E-state index is 0. The number of sulfonamides is 1. The lowest BCUT2D eigenvalue weighted by Gasteiger charge is -2.18. The molecule has 0 unspecified atom stereocenters. The molecule has 2 aliphatic heterocycles. The molecule has 1 saturated heterocycles. The Bertz CT molecular complexity index is 623. The smallest absolute Gasteiger partial charge is 0.246 e. The van der Waals surface area contributed by atoms with E-state index in [4.69, 9.17) is 10.5 Å². The van der Waals surface area contributed by atoms with Gasteiger partial charge in [-0.25, -0.2) is 8.42 Å². The fourth-order valence-corrected chi connectivity index (χ4v) is 4.91. The molecule has 8 heteroatoms. The van der Waals surface area contributed by atoms with Crippen LogP contribution in [0.5, 0.6) is 5.75 Å².